The van der Waals surface area contributed by atoms with Crippen LogP contribution >= 0.6 is 11.8 Å². The van der Waals surface area contributed by atoms with Crippen molar-refractivity contribution in [1.82, 2.24) is 4.90 Å². The molecule has 1 amide bonds. The van der Waals surface area contributed by atoms with Crippen LogP contribution < -0.4 is 5.73 Å². The number of hydrogen-bond donors (Lipinski definition) is 1. The van der Waals surface area contributed by atoms with Gasteiger partial charge in [-0.05, 0) is 32.0 Å². The zero-order valence-corrected chi connectivity index (χ0v) is 12.1. The molecule has 1 rings (SSSR count). The van der Waals surface area contributed by atoms with Gasteiger partial charge in [-0.3, -0.25) is 4.79 Å². The van der Waals surface area contributed by atoms with Crippen molar-refractivity contribution in [2.45, 2.75) is 18.7 Å². The van der Waals surface area contributed by atoms with E-state index in [1.54, 1.807) is 4.90 Å². The molecule has 0 saturated carbocycles. The summed E-state index contributed by atoms with van der Waals surface area (Å²) < 4.78 is 13.1. The van der Waals surface area contributed by atoms with Crippen molar-refractivity contribution in [3.05, 3.63) is 36.2 Å². The van der Waals surface area contributed by atoms with Crippen LogP contribution in [0.1, 0.15) is 13.8 Å². The van der Waals surface area contributed by atoms with Gasteiger partial charge in [-0.15, -0.1) is 11.8 Å². The molecular formula is C14H19FN2OS. The predicted molar refractivity (Wildman–Crippen MR) is 78.6 cm³/mol. The summed E-state index contributed by atoms with van der Waals surface area (Å²) >= 11 is 1.25. The Morgan fingerprint density at radius 2 is 2.21 bits per heavy atom. The topological polar surface area (TPSA) is 46.3 Å². The molecule has 0 bridgehead atoms. The van der Waals surface area contributed by atoms with Gasteiger partial charge in [-0.25, -0.2) is 4.39 Å². The highest BCUT2D eigenvalue weighted by Gasteiger charge is 2.13. The Labute approximate surface area is 117 Å². The predicted octanol–water partition coefficient (Wildman–Crippen LogP) is 2.92. The van der Waals surface area contributed by atoms with Gasteiger partial charge in [-0.1, -0.05) is 12.2 Å². The van der Waals surface area contributed by atoms with E-state index in [0.29, 0.717) is 23.7 Å². The third-order valence-corrected chi connectivity index (χ3v) is 3.58. The average molecular weight is 282 g/mol. The third kappa shape index (κ3) is 4.95. The molecule has 0 aliphatic rings. The first-order valence-electron chi connectivity index (χ1n) is 6.04. The van der Waals surface area contributed by atoms with Gasteiger partial charge in [0.15, 0.2) is 0 Å². The first-order valence-corrected chi connectivity index (χ1v) is 7.02. The largest absolute Gasteiger partial charge is 0.398 e. The fraction of sp³-hybridized carbons (Fsp3) is 0.357. The molecule has 19 heavy (non-hydrogen) atoms. The highest BCUT2D eigenvalue weighted by atomic mass is 32.2. The van der Waals surface area contributed by atoms with Gasteiger partial charge >= 0.3 is 0 Å². The van der Waals surface area contributed by atoms with Crippen LogP contribution in [0.25, 0.3) is 0 Å². The van der Waals surface area contributed by atoms with Crippen molar-refractivity contribution in [3.63, 3.8) is 0 Å². The molecule has 0 heterocycles. The van der Waals surface area contributed by atoms with Gasteiger partial charge in [0, 0.05) is 23.7 Å². The van der Waals surface area contributed by atoms with E-state index in [1.165, 1.54) is 30.0 Å². The quantitative estimate of drug-likeness (QED) is 0.496. The number of benzene rings is 1. The van der Waals surface area contributed by atoms with Crippen LogP contribution in [0.3, 0.4) is 0 Å². The molecule has 1 aromatic carbocycles. The summed E-state index contributed by atoms with van der Waals surface area (Å²) in [5.41, 5.74) is 7.16. The fourth-order valence-electron chi connectivity index (χ4n) is 1.57. The molecule has 0 fully saturated rings. The van der Waals surface area contributed by atoms with E-state index < -0.39 is 0 Å². The summed E-state index contributed by atoms with van der Waals surface area (Å²) in [7, 11) is 0. The van der Waals surface area contributed by atoms with Crippen LogP contribution in [-0.2, 0) is 4.79 Å². The Balaban J connectivity index is 2.62. The summed E-state index contributed by atoms with van der Waals surface area (Å²) in [6.45, 7) is 8.78. The SMILES string of the molecule is C=C(C)CN(CC)C(=O)CSc1cc(F)ccc1N. The monoisotopic (exact) mass is 282 g/mol. The molecule has 1 aromatic rings. The van der Waals surface area contributed by atoms with Gasteiger partial charge in [-0.2, -0.15) is 0 Å². The van der Waals surface area contributed by atoms with Crippen LogP contribution in [0, 0.1) is 5.82 Å². The number of halogens is 1. The van der Waals surface area contributed by atoms with E-state index in [1.807, 2.05) is 13.8 Å². The van der Waals surface area contributed by atoms with Gasteiger partial charge in [0.05, 0.1) is 5.75 Å². The maximum atomic E-state index is 13.1. The second kappa shape index (κ2) is 7.19. The second-order valence-electron chi connectivity index (χ2n) is 4.34. The Morgan fingerprint density at radius 3 is 2.79 bits per heavy atom. The molecule has 0 aromatic heterocycles. The number of carbonyl (C=O) groups is 1. The lowest BCUT2D eigenvalue weighted by Gasteiger charge is -2.20. The molecule has 2 N–H and O–H groups in total. The minimum absolute atomic E-state index is 0.000777. The molecular weight excluding hydrogens is 263 g/mol. The Bertz CT molecular complexity index is 477. The summed E-state index contributed by atoms with van der Waals surface area (Å²) in [5, 5.41) is 0. The summed E-state index contributed by atoms with van der Waals surface area (Å²) in [4.78, 5) is 14.3. The smallest absolute Gasteiger partial charge is 0.233 e. The molecule has 104 valence electrons. The van der Waals surface area contributed by atoms with Gasteiger partial charge in [0.2, 0.25) is 5.91 Å². The average Bonchev–Trinajstić information content (AvgIpc) is 2.36. The van der Waals surface area contributed by atoms with E-state index in [-0.39, 0.29) is 17.5 Å². The molecule has 0 saturated heterocycles. The van der Waals surface area contributed by atoms with Crippen molar-refractivity contribution in [2.75, 3.05) is 24.6 Å². The van der Waals surface area contributed by atoms with Crippen molar-refractivity contribution < 1.29 is 9.18 Å². The Hall–Kier alpha value is -1.49. The standard InChI is InChI=1S/C14H19FN2OS/c1-4-17(8-10(2)3)14(18)9-19-13-7-11(15)5-6-12(13)16/h5-7H,2,4,8-9,16H2,1,3H3. The third-order valence-electron chi connectivity index (χ3n) is 2.52. The second-order valence-corrected chi connectivity index (χ2v) is 5.35. The first kappa shape index (κ1) is 15.6. The van der Waals surface area contributed by atoms with Crippen LogP contribution in [-0.4, -0.2) is 29.6 Å². The van der Waals surface area contributed by atoms with Crippen molar-refractivity contribution in [3.8, 4) is 0 Å². The molecule has 0 aliphatic carbocycles. The lowest BCUT2D eigenvalue weighted by atomic mass is 10.3. The first-order chi connectivity index (χ1) is 8.93. The summed E-state index contributed by atoms with van der Waals surface area (Å²) in [6, 6.07) is 4.16. The minimum Gasteiger partial charge on any atom is -0.398 e. The molecule has 5 heteroatoms. The fourth-order valence-corrected chi connectivity index (χ4v) is 2.46. The maximum Gasteiger partial charge on any atom is 0.233 e. The number of amides is 1. The van der Waals surface area contributed by atoms with E-state index in [2.05, 4.69) is 6.58 Å². The maximum absolute atomic E-state index is 13.1. The molecule has 0 aliphatic heterocycles. The normalized spacial score (nSPS) is 10.3. The zero-order chi connectivity index (χ0) is 14.4. The number of thioether (sulfide) groups is 1. The highest BCUT2D eigenvalue weighted by molar-refractivity contribution is 8.00. The van der Waals surface area contributed by atoms with Crippen LogP contribution in [0.5, 0.6) is 0 Å². The number of anilines is 1. The van der Waals surface area contributed by atoms with E-state index in [9.17, 15) is 9.18 Å². The summed E-state index contributed by atoms with van der Waals surface area (Å²) in [6.07, 6.45) is 0. The number of carbonyl (C=O) groups excluding carboxylic acids is 1. The molecule has 0 spiro atoms. The van der Waals surface area contributed by atoms with Gasteiger partial charge in [0.1, 0.15) is 5.82 Å². The van der Waals surface area contributed by atoms with Gasteiger partial charge in [0.25, 0.3) is 0 Å². The minimum atomic E-state index is -0.349. The molecule has 0 radical (unpaired) electrons. The van der Waals surface area contributed by atoms with E-state index in [4.69, 9.17) is 5.73 Å². The van der Waals surface area contributed by atoms with Crippen molar-refractivity contribution in [2.24, 2.45) is 0 Å². The Morgan fingerprint density at radius 1 is 1.53 bits per heavy atom. The lowest BCUT2D eigenvalue weighted by Crippen LogP contribution is -2.33. The zero-order valence-electron chi connectivity index (χ0n) is 11.3. The highest BCUT2D eigenvalue weighted by Crippen LogP contribution is 2.25. The number of likely N-dealkylation sites (N-methyl/N-ethyl adjacent to an activating group) is 1. The van der Waals surface area contributed by atoms with Gasteiger partial charge < -0.3 is 10.6 Å². The lowest BCUT2D eigenvalue weighted by molar-refractivity contribution is -0.127. The van der Waals surface area contributed by atoms with Crippen LogP contribution in [0.2, 0.25) is 0 Å². The number of rotatable bonds is 6. The van der Waals surface area contributed by atoms with Crippen LogP contribution in [0.15, 0.2) is 35.2 Å². The molecule has 0 atom stereocenters. The summed E-state index contributed by atoms with van der Waals surface area (Å²) in [5.74, 6) is -0.105. The number of nitrogen functional groups attached to an aromatic ring is 1. The van der Waals surface area contributed by atoms with Crippen molar-refractivity contribution >= 4 is 23.4 Å². The van der Waals surface area contributed by atoms with Crippen LogP contribution in [0.4, 0.5) is 10.1 Å². The number of nitrogens with zero attached hydrogens (tertiary/aromatic N) is 1. The van der Waals surface area contributed by atoms with Crippen molar-refractivity contribution in [1.29, 1.82) is 0 Å². The number of nitrogens with two attached hydrogens (primary N) is 1. The number of hydrogen-bond acceptors (Lipinski definition) is 3. The van der Waals surface area contributed by atoms with E-state index in [0.717, 1.165) is 5.57 Å². The van der Waals surface area contributed by atoms with E-state index >= 15 is 0 Å². The molecule has 3 nitrogen and oxygen atoms in total. The Kier molecular flexibility index (Phi) is 5.89. The molecule has 0 unspecified atom stereocenters.